The van der Waals surface area contributed by atoms with Crippen molar-refractivity contribution in [2.24, 2.45) is 0 Å². The molecule has 1 aromatic heterocycles. The normalized spacial score (nSPS) is 16.7. The Morgan fingerprint density at radius 1 is 1.36 bits per heavy atom. The smallest absolute Gasteiger partial charge is 0.150 e. The van der Waals surface area contributed by atoms with E-state index in [2.05, 4.69) is 9.97 Å². The molecule has 1 aromatic rings. The van der Waals surface area contributed by atoms with Gasteiger partial charge in [-0.25, -0.2) is 9.97 Å². The van der Waals surface area contributed by atoms with Crippen LogP contribution < -0.4 is 11.5 Å². The Balaban J connectivity index is 2.36. The lowest BCUT2D eigenvalue weighted by Crippen LogP contribution is -2.02. The van der Waals surface area contributed by atoms with Crippen molar-refractivity contribution < 1.29 is 0 Å². The maximum absolute atomic E-state index is 5.51. The van der Waals surface area contributed by atoms with Crippen LogP contribution in [0, 0.1) is 0 Å². The second-order valence-corrected chi connectivity index (χ2v) is 2.84. The first-order valence-electron chi connectivity index (χ1n) is 3.65. The number of anilines is 2. The lowest BCUT2D eigenvalue weighted by molar-refractivity contribution is 0.934. The molecule has 0 radical (unpaired) electrons. The van der Waals surface area contributed by atoms with E-state index in [0.29, 0.717) is 17.4 Å². The fourth-order valence-corrected chi connectivity index (χ4v) is 0.957. The molecular formula is C7H10N4. The largest absolute Gasteiger partial charge is 0.394 e. The zero-order valence-corrected chi connectivity index (χ0v) is 6.12. The molecule has 0 amide bonds. The third-order valence-electron chi connectivity index (χ3n) is 1.81. The van der Waals surface area contributed by atoms with Gasteiger partial charge in [-0.1, -0.05) is 0 Å². The molecule has 1 heterocycles. The lowest BCUT2D eigenvalue weighted by atomic mass is 10.4. The molecule has 0 aromatic carbocycles. The molecule has 4 heteroatoms. The fourth-order valence-electron chi connectivity index (χ4n) is 0.957. The monoisotopic (exact) mass is 150 g/mol. The van der Waals surface area contributed by atoms with Crippen LogP contribution in [0.15, 0.2) is 6.20 Å². The molecule has 1 saturated carbocycles. The highest BCUT2D eigenvalue weighted by Gasteiger charge is 2.26. The Kier molecular flexibility index (Phi) is 1.21. The first-order valence-corrected chi connectivity index (χ1v) is 3.65. The van der Waals surface area contributed by atoms with Gasteiger partial charge in [0.2, 0.25) is 0 Å². The van der Waals surface area contributed by atoms with Crippen LogP contribution >= 0.6 is 0 Å². The number of hydrogen-bond donors (Lipinski definition) is 2. The van der Waals surface area contributed by atoms with Crippen molar-refractivity contribution in [3.63, 3.8) is 0 Å². The van der Waals surface area contributed by atoms with Gasteiger partial charge in [-0.2, -0.15) is 0 Å². The number of rotatable bonds is 1. The summed E-state index contributed by atoms with van der Waals surface area (Å²) in [5.74, 6) is 1.79. The maximum atomic E-state index is 5.51. The molecule has 4 N–H and O–H groups in total. The molecule has 0 unspecified atom stereocenters. The van der Waals surface area contributed by atoms with Crippen molar-refractivity contribution >= 4 is 11.5 Å². The number of aromatic nitrogens is 2. The van der Waals surface area contributed by atoms with E-state index < -0.39 is 0 Å². The zero-order chi connectivity index (χ0) is 7.84. The summed E-state index contributed by atoms with van der Waals surface area (Å²) in [4.78, 5) is 8.16. The van der Waals surface area contributed by atoms with Crippen LogP contribution in [0.3, 0.4) is 0 Å². The third kappa shape index (κ3) is 1.11. The molecule has 0 saturated heterocycles. The fraction of sp³-hybridized carbons (Fsp3) is 0.429. The highest BCUT2D eigenvalue weighted by molar-refractivity contribution is 5.56. The Bertz CT molecular complexity index is 280. The van der Waals surface area contributed by atoms with Crippen molar-refractivity contribution in [1.29, 1.82) is 0 Å². The average Bonchev–Trinajstić information content (AvgIpc) is 2.77. The first-order chi connectivity index (χ1) is 5.27. The molecule has 1 aliphatic rings. The maximum Gasteiger partial charge on any atom is 0.150 e. The van der Waals surface area contributed by atoms with E-state index in [0.717, 1.165) is 5.82 Å². The Labute approximate surface area is 64.6 Å². The first kappa shape index (κ1) is 6.39. The second kappa shape index (κ2) is 2.08. The highest BCUT2D eigenvalue weighted by Crippen LogP contribution is 2.38. The van der Waals surface area contributed by atoms with Gasteiger partial charge in [-0.3, -0.25) is 0 Å². The minimum absolute atomic E-state index is 0.405. The molecule has 0 atom stereocenters. The highest BCUT2D eigenvalue weighted by atomic mass is 15.0. The van der Waals surface area contributed by atoms with Gasteiger partial charge in [0, 0.05) is 5.92 Å². The third-order valence-corrected chi connectivity index (χ3v) is 1.81. The Morgan fingerprint density at radius 3 is 2.64 bits per heavy atom. The van der Waals surface area contributed by atoms with Crippen molar-refractivity contribution in [3.05, 3.63) is 12.0 Å². The van der Waals surface area contributed by atoms with E-state index in [1.807, 2.05) is 0 Å². The lowest BCUT2D eigenvalue weighted by Gasteiger charge is -1.99. The topological polar surface area (TPSA) is 77.8 Å². The predicted molar refractivity (Wildman–Crippen MR) is 42.8 cm³/mol. The molecule has 0 aliphatic heterocycles. The van der Waals surface area contributed by atoms with Crippen LogP contribution in [0.5, 0.6) is 0 Å². The summed E-state index contributed by atoms with van der Waals surface area (Å²) in [7, 11) is 0. The molecule has 0 spiro atoms. The van der Waals surface area contributed by atoms with Gasteiger partial charge in [0.1, 0.15) is 11.6 Å². The average molecular weight is 150 g/mol. The quantitative estimate of drug-likeness (QED) is 0.611. The molecule has 1 fully saturated rings. The summed E-state index contributed by atoms with van der Waals surface area (Å²) < 4.78 is 0. The van der Waals surface area contributed by atoms with E-state index in [1.54, 1.807) is 6.20 Å². The van der Waals surface area contributed by atoms with Crippen LogP contribution in [0.1, 0.15) is 24.6 Å². The number of nitrogens with zero attached hydrogens (tertiary/aromatic N) is 2. The van der Waals surface area contributed by atoms with Gasteiger partial charge >= 0.3 is 0 Å². The summed E-state index contributed by atoms with van der Waals surface area (Å²) in [5, 5.41) is 0. The number of nitrogens with two attached hydrogens (primary N) is 2. The summed E-state index contributed by atoms with van der Waals surface area (Å²) in [6.45, 7) is 0. The van der Waals surface area contributed by atoms with E-state index in [4.69, 9.17) is 11.5 Å². The van der Waals surface area contributed by atoms with E-state index in [-0.39, 0.29) is 0 Å². The zero-order valence-electron chi connectivity index (χ0n) is 6.12. The van der Waals surface area contributed by atoms with Gasteiger partial charge in [-0.15, -0.1) is 0 Å². The van der Waals surface area contributed by atoms with Crippen molar-refractivity contribution in [2.75, 3.05) is 11.5 Å². The van der Waals surface area contributed by atoms with Gasteiger partial charge in [0.05, 0.1) is 11.9 Å². The number of hydrogen-bond acceptors (Lipinski definition) is 4. The summed E-state index contributed by atoms with van der Waals surface area (Å²) in [5.41, 5.74) is 11.4. The van der Waals surface area contributed by atoms with Gasteiger partial charge in [-0.05, 0) is 12.8 Å². The van der Waals surface area contributed by atoms with Crippen molar-refractivity contribution in [1.82, 2.24) is 9.97 Å². The van der Waals surface area contributed by atoms with Gasteiger partial charge in [0.15, 0.2) is 0 Å². The van der Waals surface area contributed by atoms with Crippen LogP contribution in [-0.4, -0.2) is 9.97 Å². The van der Waals surface area contributed by atoms with Gasteiger partial charge in [0.25, 0.3) is 0 Å². The van der Waals surface area contributed by atoms with Crippen LogP contribution in [0.2, 0.25) is 0 Å². The van der Waals surface area contributed by atoms with E-state index in [9.17, 15) is 0 Å². The Hall–Kier alpha value is -1.32. The molecule has 58 valence electrons. The molecule has 4 nitrogen and oxygen atoms in total. The minimum atomic E-state index is 0.405. The summed E-state index contributed by atoms with van der Waals surface area (Å²) >= 11 is 0. The van der Waals surface area contributed by atoms with Crippen molar-refractivity contribution in [3.8, 4) is 0 Å². The molecule has 11 heavy (non-hydrogen) atoms. The van der Waals surface area contributed by atoms with Crippen molar-refractivity contribution in [2.45, 2.75) is 18.8 Å². The van der Waals surface area contributed by atoms with E-state index >= 15 is 0 Å². The molecular weight excluding hydrogens is 140 g/mol. The minimum Gasteiger partial charge on any atom is -0.394 e. The molecule has 1 aliphatic carbocycles. The standard InChI is InChI=1S/C7H10N4/c8-5-3-10-7(4-1-2-4)11-6(5)9/h3-4H,1-2,8H2,(H2,9,10,11). The van der Waals surface area contributed by atoms with Crippen LogP contribution in [0.4, 0.5) is 11.5 Å². The predicted octanol–water partition coefficient (Wildman–Crippen LogP) is 0.518. The molecule has 2 rings (SSSR count). The summed E-state index contributed by atoms with van der Waals surface area (Å²) in [6, 6.07) is 0. The van der Waals surface area contributed by atoms with E-state index in [1.165, 1.54) is 12.8 Å². The van der Waals surface area contributed by atoms with Gasteiger partial charge < -0.3 is 11.5 Å². The molecule has 0 bridgehead atoms. The second-order valence-electron chi connectivity index (χ2n) is 2.84. The Morgan fingerprint density at radius 2 is 2.09 bits per heavy atom. The number of nitrogen functional groups attached to an aromatic ring is 2. The summed E-state index contributed by atoms with van der Waals surface area (Å²) in [6.07, 6.45) is 3.95. The SMILES string of the molecule is Nc1cnc(C2CC2)nc1N. The van der Waals surface area contributed by atoms with Crippen LogP contribution in [0.25, 0.3) is 0 Å². The van der Waals surface area contributed by atoms with Crippen LogP contribution in [-0.2, 0) is 0 Å².